The lowest BCUT2D eigenvalue weighted by Crippen LogP contribution is -2.15. The molecule has 0 N–H and O–H groups in total. The van der Waals surface area contributed by atoms with Gasteiger partial charge in [0, 0.05) is 5.41 Å². The molecule has 0 nitrogen and oxygen atoms in total. The summed E-state index contributed by atoms with van der Waals surface area (Å²) in [4.78, 5) is 0. The first-order chi connectivity index (χ1) is 23.0. The lowest BCUT2D eigenvalue weighted by molar-refractivity contribution is 0.661. The SMILES string of the molecule is CC1(C)c2cc(-c3ccc(-c4ccc5c(c4)CCC=C5)cc3)ccc2-c2ccc(-c3ccc(-c4ccc5ccccc5c4)cc3)cc21. The molecule has 224 valence electrons. The summed E-state index contributed by atoms with van der Waals surface area (Å²) < 4.78 is 0. The van der Waals surface area contributed by atoms with Crippen LogP contribution in [0, 0.1) is 0 Å². The third-order valence-corrected chi connectivity index (χ3v) is 10.5. The van der Waals surface area contributed by atoms with E-state index in [1.54, 1.807) is 0 Å². The second-order valence-electron chi connectivity index (χ2n) is 13.7. The van der Waals surface area contributed by atoms with E-state index in [0.29, 0.717) is 0 Å². The molecule has 0 saturated heterocycles. The number of rotatable bonds is 4. The molecule has 0 aromatic heterocycles. The molecule has 7 aromatic rings. The average molecular weight is 601 g/mol. The van der Waals surface area contributed by atoms with Crippen molar-refractivity contribution in [3.8, 4) is 55.6 Å². The molecular weight excluding hydrogens is 565 g/mol. The van der Waals surface area contributed by atoms with Crippen molar-refractivity contribution in [2.75, 3.05) is 0 Å². The van der Waals surface area contributed by atoms with E-state index in [4.69, 9.17) is 0 Å². The molecule has 47 heavy (non-hydrogen) atoms. The van der Waals surface area contributed by atoms with E-state index in [1.165, 1.54) is 88.7 Å². The van der Waals surface area contributed by atoms with E-state index in [0.717, 1.165) is 12.8 Å². The normalized spacial score (nSPS) is 14.1. The molecule has 0 bridgehead atoms. The second kappa shape index (κ2) is 10.8. The Kier molecular flexibility index (Phi) is 6.40. The molecule has 9 rings (SSSR count). The fourth-order valence-electron chi connectivity index (χ4n) is 7.79. The molecule has 2 aliphatic rings. The van der Waals surface area contributed by atoms with Crippen LogP contribution in [0.2, 0.25) is 0 Å². The van der Waals surface area contributed by atoms with Crippen molar-refractivity contribution >= 4 is 16.8 Å². The molecule has 2 aliphatic carbocycles. The molecule has 0 heteroatoms. The number of hydrogen-bond donors (Lipinski definition) is 0. The summed E-state index contributed by atoms with van der Waals surface area (Å²) in [7, 11) is 0. The van der Waals surface area contributed by atoms with Crippen LogP contribution in [0.1, 0.15) is 42.5 Å². The highest BCUT2D eigenvalue weighted by atomic mass is 14.4. The van der Waals surface area contributed by atoms with Gasteiger partial charge in [-0.1, -0.05) is 153 Å². The fraction of sp³-hybridized carbons (Fsp3) is 0.106. The second-order valence-corrected chi connectivity index (χ2v) is 13.7. The number of fused-ring (bicyclic) bond motifs is 5. The van der Waals surface area contributed by atoms with Gasteiger partial charge in [0.15, 0.2) is 0 Å². The molecule has 0 unspecified atom stereocenters. The molecule has 0 saturated carbocycles. The predicted molar refractivity (Wildman–Crippen MR) is 201 cm³/mol. The molecule has 0 amide bonds. The first-order valence-corrected chi connectivity index (χ1v) is 16.8. The minimum absolute atomic E-state index is 0.0841. The minimum Gasteiger partial charge on any atom is -0.0836 e. The van der Waals surface area contributed by atoms with Gasteiger partial charge >= 0.3 is 0 Å². The minimum atomic E-state index is -0.0841. The first-order valence-electron chi connectivity index (χ1n) is 16.8. The summed E-state index contributed by atoms with van der Waals surface area (Å²) in [5.41, 5.74) is 18.4. The van der Waals surface area contributed by atoms with Gasteiger partial charge in [-0.3, -0.25) is 0 Å². The zero-order chi connectivity index (χ0) is 31.5. The van der Waals surface area contributed by atoms with Gasteiger partial charge in [-0.2, -0.15) is 0 Å². The van der Waals surface area contributed by atoms with Crippen molar-refractivity contribution in [2.24, 2.45) is 0 Å². The zero-order valence-corrected chi connectivity index (χ0v) is 26.9. The molecule has 7 aromatic carbocycles. The molecule has 0 radical (unpaired) electrons. The van der Waals surface area contributed by atoms with E-state index in [9.17, 15) is 0 Å². The summed E-state index contributed by atoms with van der Waals surface area (Å²) in [6, 6.07) is 54.4. The van der Waals surface area contributed by atoms with Gasteiger partial charge in [-0.25, -0.2) is 0 Å². The Balaban J connectivity index is 0.991. The Morgan fingerprint density at radius 2 is 0.894 bits per heavy atom. The predicted octanol–water partition coefficient (Wildman–Crippen LogP) is 12.8. The molecule has 0 spiro atoms. The maximum Gasteiger partial charge on any atom is 0.0159 e. The van der Waals surface area contributed by atoms with Crippen LogP contribution in [0.5, 0.6) is 0 Å². The van der Waals surface area contributed by atoms with Gasteiger partial charge < -0.3 is 0 Å². The Bertz CT molecular complexity index is 2350. The van der Waals surface area contributed by atoms with Crippen LogP contribution in [-0.2, 0) is 11.8 Å². The molecule has 0 fully saturated rings. The van der Waals surface area contributed by atoms with E-state index >= 15 is 0 Å². The van der Waals surface area contributed by atoms with Gasteiger partial charge in [0.2, 0.25) is 0 Å². The van der Waals surface area contributed by atoms with Crippen molar-refractivity contribution in [1.29, 1.82) is 0 Å². The summed E-state index contributed by atoms with van der Waals surface area (Å²) in [6.45, 7) is 4.75. The van der Waals surface area contributed by atoms with E-state index in [-0.39, 0.29) is 5.41 Å². The third kappa shape index (κ3) is 4.75. The molecule has 0 atom stereocenters. The average Bonchev–Trinajstić information content (AvgIpc) is 3.36. The largest absolute Gasteiger partial charge is 0.0836 e. The van der Waals surface area contributed by atoms with Crippen LogP contribution in [0.15, 0.2) is 152 Å². The monoisotopic (exact) mass is 600 g/mol. The maximum absolute atomic E-state index is 2.42. The highest BCUT2D eigenvalue weighted by Crippen LogP contribution is 2.50. The molecular formula is C47H36. The van der Waals surface area contributed by atoms with Gasteiger partial charge in [0.05, 0.1) is 0 Å². The third-order valence-electron chi connectivity index (χ3n) is 10.5. The van der Waals surface area contributed by atoms with E-state index < -0.39 is 0 Å². The Morgan fingerprint density at radius 1 is 0.426 bits per heavy atom. The Labute approximate surface area is 277 Å². The zero-order valence-electron chi connectivity index (χ0n) is 26.9. The highest BCUT2D eigenvalue weighted by Gasteiger charge is 2.35. The van der Waals surface area contributed by atoms with Crippen LogP contribution in [0.4, 0.5) is 0 Å². The Morgan fingerprint density at radius 3 is 1.49 bits per heavy atom. The van der Waals surface area contributed by atoms with Crippen LogP contribution in [0.3, 0.4) is 0 Å². The van der Waals surface area contributed by atoms with Crippen LogP contribution < -0.4 is 0 Å². The van der Waals surface area contributed by atoms with Crippen LogP contribution in [-0.4, -0.2) is 0 Å². The highest BCUT2D eigenvalue weighted by molar-refractivity contribution is 5.89. The van der Waals surface area contributed by atoms with Crippen molar-refractivity contribution in [2.45, 2.75) is 32.1 Å². The van der Waals surface area contributed by atoms with Gasteiger partial charge in [-0.05, 0) is 120 Å². The van der Waals surface area contributed by atoms with Crippen molar-refractivity contribution in [3.63, 3.8) is 0 Å². The quantitative estimate of drug-likeness (QED) is 0.188. The van der Waals surface area contributed by atoms with Crippen molar-refractivity contribution < 1.29 is 0 Å². The summed E-state index contributed by atoms with van der Waals surface area (Å²) in [5.74, 6) is 0. The summed E-state index contributed by atoms with van der Waals surface area (Å²) in [6.07, 6.45) is 6.79. The standard InChI is InChI=1S/C47H36/c1-47(2)45-29-41(35-15-11-33(12-16-35)39-21-19-31-7-3-5-9-37(31)27-39)23-25-43(45)44-26-24-42(30-46(44)47)36-17-13-34(14-18-36)40-22-20-32-8-4-6-10-38(32)28-40/h3-5,7-9,11-30H,6,10H2,1-2H3. The summed E-state index contributed by atoms with van der Waals surface area (Å²) in [5, 5.41) is 2.55. The van der Waals surface area contributed by atoms with E-state index in [2.05, 4.69) is 172 Å². The van der Waals surface area contributed by atoms with Crippen LogP contribution in [0.25, 0.3) is 72.5 Å². The lowest BCUT2D eigenvalue weighted by Gasteiger charge is -2.22. The maximum atomic E-state index is 2.42. The Hall–Kier alpha value is -5.46. The van der Waals surface area contributed by atoms with E-state index in [1.807, 2.05) is 0 Å². The lowest BCUT2D eigenvalue weighted by atomic mass is 9.80. The number of aryl methyl sites for hydroxylation is 1. The molecule has 0 heterocycles. The van der Waals surface area contributed by atoms with Gasteiger partial charge in [0.1, 0.15) is 0 Å². The van der Waals surface area contributed by atoms with Crippen molar-refractivity contribution in [1.82, 2.24) is 0 Å². The smallest absolute Gasteiger partial charge is 0.0159 e. The number of benzene rings is 7. The molecule has 0 aliphatic heterocycles. The fourth-order valence-corrected chi connectivity index (χ4v) is 7.79. The van der Waals surface area contributed by atoms with Crippen LogP contribution >= 0.6 is 0 Å². The first kappa shape index (κ1) is 27.8. The number of allylic oxidation sites excluding steroid dienone is 1. The number of hydrogen-bond acceptors (Lipinski definition) is 0. The summed E-state index contributed by atoms with van der Waals surface area (Å²) >= 11 is 0. The van der Waals surface area contributed by atoms with Gasteiger partial charge in [-0.15, -0.1) is 0 Å². The van der Waals surface area contributed by atoms with Crippen molar-refractivity contribution in [3.05, 3.63) is 174 Å². The topological polar surface area (TPSA) is 0 Å². The van der Waals surface area contributed by atoms with Gasteiger partial charge in [0.25, 0.3) is 0 Å².